The molecule has 0 spiro atoms. The topological polar surface area (TPSA) is 57.4 Å². The van der Waals surface area contributed by atoms with Crippen LogP contribution in [0.5, 0.6) is 5.75 Å². The van der Waals surface area contributed by atoms with Crippen LogP contribution in [0.25, 0.3) is 0 Å². The Morgan fingerprint density at radius 2 is 2.20 bits per heavy atom. The molecule has 1 aromatic rings. The number of rotatable bonds is 5. The fraction of sp³-hybridized carbons (Fsp3) is 0.545. The van der Waals surface area contributed by atoms with E-state index in [2.05, 4.69) is 4.98 Å². The molecule has 1 rings (SSSR count). The van der Waals surface area contributed by atoms with Gasteiger partial charge in [0.15, 0.2) is 11.6 Å². The van der Waals surface area contributed by atoms with Crippen molar-refractivity contribution in [1.29, 1.82) is 0 Å². The maximum atomic E-state index is 5.73. The lowest BCUT2D eigenvalue weighted by Crippen LogP contribution is -2.15. The maximum absolute atomic E-state index is 5.73. The molecule has 2 N–H and O–H groups in total. The monoisotopic (exact) mass is 210 g/mol. The van der Waals surface area contributed by atoms with Crippen LogP contribution in [0.4, 0.5) is 5.82 Å². The lowest BCUT2D eigenvalue weighted by Gasteiger charge is -2.15. The third-order valence-electron chi connectivity index (χ3n) is 2.08. The molecule has 4 nitrogen and oxygen atoms in total. The van der Waals surface area contributed by atoms with Crippen molar-refractivity contribution in [3.63, 3.8) is 0 Å². The van der Waals surface area contributed by atoms with E-state index in [4.69, 9.17) is 15.2 Å². The van der Waals surface area contributed by atoms with Gasteiger partial charge in [-0.1, -0.05) is 0 Å². The van der Waals surface area contributed by atoms with Gasteiger partial charge in [0.05, 0.1) is 6.10 Å². The van der Waals surface area contributed by atoms with Gasteiger partial charge in [-0.15, -0.1) is 0 Å². The highest BCUT2D eigenvalue weighted by atomic mass is 16.5. The second-order valence-corrected chi connectivity index (χ2v) is 3.55. The molecule has 4 heteroatoms. The van der Waals surface area contributed by atoms with Crippen molar-refractivity contribution in [2.24, 2.45) is 0 Å². The van der Waals surface area contributed by atoms with Crippen molar-refractivity contribution in [3.8, 4) is 5.75 Å². The number of pyridine rings is 1. The van der Waals surface area contributed by atoms with Gasteiger partial charge in [0.25, 0.3) is 0 Å². The molecule has 15 heavy (non-hydrogen) atoms. The van der Waals surface area contributed by atoms with Crippen molar-refractivity contribution in [1.82, 2.24) is 4.98 Å². The van der Waals surface area contributed by atoms with Crippen LogP contribution in [-0.4, -0.2) is 24.8 Å². The molecule has 0 aromatic carbocycles. The Hall–Kier alpha value is -1.29. The number of hydrogen-bond acceptors (Lipinski definition) is 4. The predicted molar refractivity (Wildman–Crippen MR) is 60.0 cm³/mol. The number of nitrogens with zero attached hydrogens (tertiary/aromatic N) is 1. The fourth-order valence-electron chi connectivity index (χ4n) is 1.22. The Morgan fingerprint density at radius 1 is 1.47 bits per heavy atom. The van der Waals surface area contributed by atoms with E-state index >= 15 is 0 Å². The van der Waals surface area contributed by atoms with Crippen LogP contribution in [-0.2, 0) is 4.74 Å². The Balaban J connectivity index is 2.56. The average Bonchev–Trinajstić information content (AvgIpc) is 2.19. The summed E-state index contributed by atoms with van der Waals surface area (Å²) in [5.41, 5.74) is 6.62. The Bertz CT molecular complexity index is 315. The highest BCUT2D eigenvalue weighted by Crippen LogP contribution is 2.20. The highest BCUT2D eigenvalue weighted by molar-refractivity contribution is 5.46. The number of anilines is 1. The second kappa shape index (κ2) is 5.56. The number of nitrogen functional groups attached to an aromatic ring is 1. The van der Waals surface area contributed by atoms with Gasteiger partial charge in [-0.05, 0) is 26.0 Å². The second-order valence-electron chi connectivity index (χ2n) is 3.55. The van der Waals surface area contributed by atoms with Crippen LogP contribution in [0.1, 0.15) is 19.0 Å². The summed E-state index contributed by atoms with van der Waals surface area (Å²) >= 11 is 0. The zero-order chi connectivity index (χ0) is 11.3. The smallest absolute Gasteiger partial charge is 0.166 e. The normalized spacial score (nSPS) is 12.5. The average molecular weight is 210 g/mol. The summed E-state index contributed by atoms with van der Waals surface area (Å²) < 4.78 is 10.6. The number of hydrogen-bond donors (Lipinski definition) is 1. The van der Waals surface area contributed by atoms with Crippen LogP contribution >= 0.6 is 0 Å². The van der Waals surface area contributed by atoms with Crippen LogP contribution in [0.15, 0.2) is 12.1 Å². The number of methoxy groups -OCH3 is 1. The number of ether oxygens (including phenoxy) is 2. The Labute approximate surface area is 90.4 Å². The van der Waals surface area contributed by atoms with E-state index in [0.717, 1.165) is 12.1 Å². The summed E-state index contributed by atoms with van der Waals surface area (Å²) in [7, 11) is 1.68. The summed E-state index contributed by atoms with van der Waals surface area (Å²) in [4.78, 5) is 4.13. The van der Waals surface area contributed by atoms with Crippen molar-refractivity contribution in [2.45, 2.75) is 26.4 Å². The van der Waals surface area contributed by atoms with Crippen LogP contribution in [0.2, 0.25) is 0 Å². The quantitative estimate of drug-likeness (QED) is 0.804. The van der Waals surface area contributed by atoms with Gasteiger partial charge in [0, 0.05) is 25.8 Å². The van der Waals surface area contributed by atoms with Gasteiger partial charge < -0.3 is 15.2 Å². The zero-order valence-corrected chi connectivity index (χ0v) is 9.49. The Morgan fingerprint density at radius 3 is 2.80 bits per heavy atom. The summed E-state index contributed by atoms with van der Waals surface area (Å²) in [5.74, 6) is 1.09. The molecule has 1 atom stereocenters. The summed E-state index contributed by atoms with van der Waals surface area (Å²) in [5, 5.41) is 0. The van der Waals surface area contributed by atoms with Gasteiger partial charge in [-0.2, -0.15) is 0 Å². The molecule has 0 radical (unpaired) electrons. The van der Waals surface area contributed by atoms with E-state index in [0.29, 0.717) is 18.2 Å². The summed E-state index contributed by atoms with van der Waals surface area (Å²) in [6.07, 6.45) is 0.917. The SMILES string of the molecule is COCCC(C)Oc1ccc(C)nc1N. The molecule has 1 aromatic heterocycles. The molecule has 1 unspecified atom stereocenters. The molecule has 0 aliphatic rings. The molecule has 84 valence electrons. The molecular formula is C11H18N2O2. The van der Waals surface area contributed by atoms with Crippen LogP contribution in [0.3, 0.4) is 0 Å². The molecule has 0 aliphatic heterocycles. The maximum Gasteiger partial charge on any atom is 0.166 e. The molecule has 1 heterocycles. The van der Waals surface area contributed by atoms with E-state index in [1.54, 1.807) is 7.11 Å². The van der Waals surface area contributed by atoms with Gasteiger partial charge in [0.2, 0.25) is 0 Å². The summed E-state index contributed by atoms with van der Waals surface area (Å²) in [6, 6.07) is 3.73. The first-order valence-electron chi connectivity index (χ1n) is 5.02. The van der Waals surface area contributed by atoms with Crippen molar-refractivity contribution >= 4 is 5.82 Å². The third kappa shape index (κ3) is 3.75. The van der Waals surface area contributed by atoms with E-state index in [-0.39, 0.29) is 6.10 Å². The van der Waals surface area contributed by atoms with Crippen molar-refractivity contribution in [2.75, 3.05) is 19.5 Å². The first-order valence-corrected chi connectivity index (χ1v) is 5.02. The number of aromatic nitrogens is 1. The molecule has 0 saturated carbocycles. The third-order valence-corrected chi connectivity index (χ3v) is 2.08. The largest absolute Gasteiger partial charge is 0.487 e. The minimum absolute atomic E-state index is 0.0803. The highest BCUT2D eigenvalue weighted by Gasteiger charge is 2.07. The van der Waals surface area contributed by atoms with Crippen molar-refractivity contribution in [3.05, 3.63) is 17.8 Å². The predicted octanol–water partition coefficient (Wildman–Crippen LogP) is 1.78. The standard InChI is InChI=1S/C11H18N2O2/c1-8-4-5-10(11(12)13-8)15-9(2)6-7-14-3/h4-5,9H,6-7H2,1-3H3,(H2,12,13). The first-order chi connectivity index (χ1) is 7.13. The summed E-state index contributed by atoms with van der Waals surface area (Å²) in [6.45, 7) is 4.56. The lowest BCUT2D eigenvalue weighted by molar-refractivity contribution is 0.135. The zero-order valence-electron chi connectivity index (χ0n) is 9.49. The fourth-order valence-corrected chi connectivity index (χ4v) is 1.22. The minimum Gasteiger partial charge on any atom is -0.487 e. The van der Waals surface area contributed by atoms with Gasteiger partial charge in [-0.3, -0.25) is 0 Å². The lowest BCUT2D eigenvalue weighted by atomic mass is 10.3. The van der Waals surface area contributed by atoms with Gasteiger partial charge >= 0.3 is 0 Å². The van der Waals surface area contributed by atoms with E-state index in [1.165, 1.54) is 0 Å². The van der Waals surface area contributed by atoms with Crippen LogP contribution in [0, 0.1) is 6.92 Å². The molecule has 0 amide bonds. The molecular weight excluding hydrogens is 192 g/mol. The molecule has 0 bridgehead atoms. The molecule has 0 saturated heterocycles. The molecule has 0 fully saturated rings. The van der Waals surface area contributed by atoms with E-state index < -0.39 is 0 Å². The Kier molecular flexibility index (Phi) is 4.37. The number of nitrogens with two attached hydrogens (primary N) is 1. The van der Waals surface area contributed by atoms with Crippen molar-refractivity contribution < 1.29 is 9.47 Å². The van der Waals surface area contributed by atoms with Crippen LogP contribution < -0.4 is 10.5 Å². The molecule has 0 aliphatic carbocycles. The van der Waals surface area contributed by atoms with Gasteiger partial charge in [-0.25, -0.2) is 4.98 Å². The minimum atomic E-state index is 0.0803. The van der Waals surface area contributed by atoms with Gasteiger partial charge in [0.1, 0.15) is 0 Å². The first kappa shape index (κ1) is 11.8. The number of aryl methyl sites for hydroxylation is 1. The van der Waals surface area contributed by atoms with E-state index in [1.807, 2.05) is 26.0 Å². The van der Waals surface area contributed by atoms with E-state index in [9.17, 15) is 0 Å².